The molecular formula is C12H15ClN2O3. The largest absolute Gasteiger partial charge is 0.497 e. The highest BCUT2D eigenvalue weighted by atomic mass is 35.5. The molecular weight excluding hydrogens is 256 g/mol. The molecule has 0 saturated carbocycles. The van der Waals surface area contributed by atoms with Crippen molar-refractivity contribution in [1.29, 1.82) is 0 Å². The lowest BCUT2D eigenvalue weighted by molar-refractivity contribution is -0.134. The van der Waals surface area contributed by atoms with Crippen molar-refractivity contribution >= 4 is 28.4 Å². The van der Waals surface area contributed by atoms with E-state index in [2.05, 4.69) is 10.5 Å². The van der Waals surface area contributed by atoms with E-state index in [0.29, 0.717) is 0 Å². The highest BCUT2D eigenvalue weighted by Gasteiger charge is 2.09. The van der Waals surface area contributed by atoms with Crippen LogP contribution in [0.3, 0.4) is 0 Å². The van der Waals surface area contributed by atoms with Gasteiger partial charge >= 0.3 is 5.97 Å². The minimum Gasteiger partial charge on any atom is -0.497 e. The average Bonchev–Trinajstić information content (AvgIpc) is 2.37. The van der Waals surface area contributed by atoms with Crippen LogP contribution in [0.1, 0.15) is 12.5 Å². The zero-order chi connectivity index (χ0) is 13.5. The molecule has 0 atom stereocenters. The van der Waals surface area contributed by atoms with Crippen LogP contribution in [0.15, 0.2) is 23.3 Å². The molecule has 0 unspecified atom stereocenters. The first-order valence-electron chi connectivity index (χ1n) is 5.39. The Kier molecular flexibility index (Phi) is 5.45. The van der Waals surface area contributed by atoms with Crippen molar-refractivity contribution in [1.82, 2.24) is 0 Å². The summed E-state index contributed by atoms with van der Waals surface area (Å²) in [7, 11) is 1.59. The summed E-state index contributed by atoms with van der Waals surface area (Å²) in [5, 5.41) is 3.50. The Morgan fingerprint density at radius 2 is 2.22 bits per heavy atom. The topological polar surface area (TPSA) is 59.9 Å². The number of anilines is 1. The molecule has 0 radical (unpaired) electrons. The van der Waals surface area contributed by atoms with Crippen LogP contribution in [0.4, 0.5) is 5.69 Å². The van der Waals surface area contributed by atoms with Gasteiger partial charge in [0.25, 0.3) is 0 Å². The molecule has 0 bridgehead atoms. The third kappa shape index (κ3) is 3.92. The molecule has 18 heavy (non-hydrogen) atoms. The SMILES string of the molecule is CCOC(=O)/C(Cl)=N\Nc1ccc(OC)cc1C. The van der Waals surface area contributed by atoms with Gasteiger partial charge in [-0.05, 0) is 37.6 Å². The predicted molar refractivity (Wildman–Crippen MR) is 71.3 cm³/mol. The molecule has 0 fully saturated rings. The van der Waals surface area contributed by atoms with Gasteiger partial charge in [-0.3, -0.25) is 5.43 Å². The number of hydrazone groups is 1. The van der Waals surface area contributed by atoms with E-state index in [4.69, 9.17) is 21.1 Å². The number of halogens is 1. The number of carbonyl (C=O) groups is 1. The van der Waals surface area contributed by atoms with Crippen molar-refractivity contribution in [2.75, 3.05) is 19.1 Å². The molecule has 0 aliphatic rings. The lowest BCUT2D eigenvalue weighted by Crippen LogP contribution is -2.13. The quantitative estimate of drug-likeness (QED) is 0.507. The summed E-state index contributed by atoms with van der Waals surface area (Å²) in [6.45, 7) is 3.84. The number of nitrogens with zero attached hydrogens (tertiary/aromatic N) is 1. The van der Waals surface area contributed by atoms with Gasteiger partial charge in [0, 0.05) is 0 Å². The number of benzene rings is 1. The number of hydrogen-bond donors (Lipinski definition) is 1. The minimum absolute atomic E-state index is 0.243. The van der Waals surface area contributed by atoms with Gasteiger partial charge in [0.05, 0.1) is 19.4 Å². The normalized spacial score (nSPS) is 11.0. The number of hydrogen-bond acceptors (Lipinski definition) is 5. The maximum absolute atomic E-state index is 11.2. The Labute approximate surface area is 111 Å². The summed E-state index contributed by atoms with van der Waals surface area (Å²) >= 11 is 5.66. The Bertz CT molecular complexity index is 461. The summed E-state index contributed by atoms with van der Waals surface area (Å²) in [5.41, 5.74) is 4.36. The Morgan fingerprint density at radius 1 is 1.50 bits per heavy atom. The number of nitrogens with one attached hydrogen (secondary N) is 1. The fourth-order valence-electron chi connectivity index (χ4n) is 1.23. The maximum atomic E-state index is 11.2. The monoisotopic (exact) mass is 270 g/mol. The van der Waals surface area contributed by atoms with Crippen molar-refractivity contribution in [3.63, 3.8) is 0 Å². The van der Waals surface area contributed by atoms with E-state index in [1.54, 1.807) is 26.2 Å². The van der Waals surface area contributed by atoms with Crippen molar-refractivity contribution in [2.45, 2.75) is 13.8 Å². The molecule has 1 aromatic rings. The highest BCUT2D eigenvalue weighted by Crippen LogP contribution is 2.20. The first-order chi connectivity index (χ1) is 8.58. The second kappa shape index (κ2) is 6.86. The van der Waals surface area contributed by atoms with Crippen LogP contribution in [-0.4, -0.2) is 24.9 Å². The zero-order valence-electron chi connectivity index (χ0n) is 10.5. The van der Waals surface area contributed by atoms with E-state index in [0.717, 1.165) is 17.0 Å². The van der Waals surface area contributed by atoms with Gasteiger partial charge in [0.2, 0.25) is 5.17 Å². The summed E-state index contributed by atoms with van der Waals surface area (Å²) in [6.07, 6.45) is 0. The summed E-state index contributed by atoms with van der Waals surface area (Å²) in [6, 6.07) is 5.41. The predicted octanol–water partition coefficient (Wildman–Crippen LogP) is 2.53. The van der Waals surface area contributed by atoms with Gasteiger partial charge in [0.15, 0.2) is 0 Å². The molecule has 5 nitrogen and oxygen atoms in total. The first-order valence-corrected chi connectivity index (χ1v) is 5.77. The van der Waals surface area contributed by atoms with Crippen LogP contribution in [0.25, 0.3) is 0 Å². The molecule has 1 aromatic carbocycles. The standard InChI is InChI=1S/C12H15ClN2O3/c1-4-18-12(16)11(13)15-14-10-6-5-9(17-3)7-8(10)2/h5-7,14H,4H2,1-3H3/b15-11+. The Hall–Kier alpha value is -1.75. The van der Waals surface area contributed by atoms with Gasteiger partial charge in [-0.2, -0.15) is 5.10 Å². The molecule has 0 heterocycles. The maximum Gasteiger partial charge on any atom is 0.370 e. The molecule has 98 valence electrons. The Morgan fingerprint density at radius 3 is 2.78 bits per heavy atom. The molecule has 1 N–H and O–H groups in total. The number of methoxy groups -OCH3 is 1. The molecule has 0 aliphatic heterocycles. The van der Waals surface area contributed by atoms with Gasteiger partial charge < -0.3 is 9.47 Å². The minimum atomic E-state index is -0.655. The van der Waals surface area contributed by atoms with Gasteiger partial charge in [-0.15, -0.1) is 0 Å². The van der Waals surface area contributed by atoms with Crippen molar-refractivity contribution in [3.05, 3.63) is 23.8 Å². The number of carbonyl (C=O) groups excluding carboxylic acids is 1. The third-order valence-corrected chi connectivity index (χ3v) is 2.39. The highest BCUT2D eigenvalue weighted by molar-refractivity contribution is 6.82. The molecule has 0 saturated heterocycles. The van der Waals surface area contributed by atoms with Crippen LogP contribution in [0.5, 0.6) is 5.75 Å². The van der Waals surface area contributed by atoms with Crippen LogP contribution < -0.4 is 10.2 Å². The van der Waals surface area contributed by atoms with E-state index >= 15 is 0 Å². The van der Waals surface area contributed by atoms with Crippen molar-refractivity contribution in [3.8, 4) is 5.75 Å². The first kappa shape index (κ1) is 14.3. The average molecular weight is 271 g/mol. The lowest BCUT2D eigenvalue weighted by Gasteiger charge is -2.07. The summed E-state index contributed by atoms with van der Waals surface area (Å²) in [4.78, 5) is 11.2. The van der Waals surface area contributed by atoms with Gasteiger partial charge in [0.1, 0.15) is 5.75 Å². The van der Waals surface area contributed by atoms with E-state index in [1.807, 2.05) is 13.0 Å². The van der Waals surface area contributed by atoms with E-state index in [9.17, 15) is 4.79 Å². The smallest absolute Gasteiger partial charge is 0.370 e. The second-order valence-electron chi connectivity index (χ2n) is 3.42. The summed E-state index contributed by atoms with van der Waals surface area (Å²) < 4.78 is 9.78. The lowest BCUT2D eigenvalue weighted by atomic mass is 10.2. The Balaban J connectivity index is 2.73. The van der Waals surface area contributed by atoms with Crippen LogP contribution in [-0.2, 0) is 9.53 Å². The van der Waals surface area contributed by atoms with Crippen LogP contribution >= 0.6 is 11.6 Å². The zero-order valence-corrected chi connectivity index (χ0v) is 11.2. The number of rotatable bonds is 5. The van der Waals surface area contributed by atoms with Crippen molar-refractivity contribution in [2.24, 2.45) is 5.10 Å². The number of esters is 1. The third-order valence-electron chi connectivity index (χ3n) is 2.15. The fraction of sp³-hybridized carbons (Fsp3) is 0.333. The van der Waals surface area contributed by atoms with Gasteiger partial charge in [-0.1, -0.05) is 11.6 Å². The molecule has 0 aromatic heterocycles. The van der Waals surface area contributed by atoms with E-state index < -0.39 is 5.97 Å². The summed E-state index contributed by atoms with van der Waals surface area (Å²) in [5.74, 6) is 0.0938. The number of aryl methyl sites for hydroxylation is 1. The van der Waals surface area contributed by atoms with Crippen LogP contribution in [0, 0.1) is 6.92 Å². The van der Waals surface area contributed by atoms with Crippen LogP contribution in [0.2, 0.25) is 0 Å². The molecule has 0 aliphatic carbocycles. The fourth-order valence-corrected chi connectivity index (χ4v) is 1.33. The van der Waals surface area contributed by atoms with E-state index in [-0.39, 0.29) is 11.8 Å². The second-order valence-corrected chi connectivity index (χ2v) is 3.77. The molecule has 1 rings (SSSR count). The van der Waals surface area contributed by atoms with Crippen molar-refractivity contribution < 1.29 is 14.3 Å². The van der Waals surface area contributed by atoms with E-state index in [1.165, 1.54) is 0 Å². The number of ether oxygens (including phenoxy) is 2. The molecule has 6 heteroatoms. The molecule has 0 spiro atoms. The van der Waals surface area contributed by atoms with Gasteiger partial charge in [-0.25, -0.2) is 4.79 Å². The molecule has 0 amide bonds.